The van der Waals surface area contributed by atoms with E-state index in [4.69, 9.17) is 0 Å². The number of hydrogen-bond acceptors (Lipinski definition) is 5. The maximum Gasteiger partial charge on any atom is 0.320 e. The zero-order valence-electron chi connectivity index (χ0n) is 10.4. The van der Waals surface area contributed by atoms with E-state index in [1.807, 2.05) is 6.92 Å². The molecule has 0 aromatic rings. The first-order valence-corrected chi connectivity index (χ1v) is 7.81. The molecule has 0 spiro atoms. The fourth-order valence-electron chi connectivity index (χ4n) is 1.76. The highest BCUT2D eigenvalue weighted by molar-refractivity contribution is 7.92. The van der Waals surface area contributed by atoms with Gasteiger partial charge in [-0.05, 0) is 31.7 Å². The molecule has 0 amide bonds. The molecule has 0 bridgehead atoms. The number of carbonyl (C=O) groups excluding carboxylic acids is 1. The van der Waals surface area contributed by atoms with Crippen LogP contribution in [0.3, 0.4) is 0 Å². The van der Waals surface area contributed by atoms with E-state index in [1.165, 1.54) is 7.11 Å². The van der Waals surface area contributed by atoms with Gasteiger partial charge in [-0.2, -0.15) is 0 Å². The van der Waals surface area contributed by atoms with E-state index in [-0.39, 0.29) is 11.8 Å². The lowest BCUT2D eigenvalue weighted by Gasteiger charge is -2.17. The third-order valence-corrected chi connectivity index (χ3v) is 4.39. The second kappa shape index (κ2) is 6.35. The van der Waals surface area contributed by atoms with Gasteiger partial charge in [-0.3, -0.25) is 4.79 Å². The van der Waals surface area contributed by atoms with Crippen LogP contribution in [0.1, 0.15) is 26.2 Å². The van der Waals surface area contributed by atoms with Gasteiger partial charge in [0.05, 0.1) is 12.9 Å². The molecule has 1 atom stereocenters. The van der Waals surface area contributed by atoms with E-state index in [1.54, 1.807) is 0 Å². The van der Waals surface area contributed by atoms with Gasteiger partial charge < -0.3 is 10.1 Å². The minimum absolute atomic E-state index is 0.00962. The molecule has 0 radical (unpaired) electrons. The molecule has 1 aliphatic rings. The van der Waals surface area contributed by atoms with Crippen LogP contribution < -0.4 is 5.32 Å². The smallest absolute Gasteiger partial charge is 0.320 e. The van der Waals surface area contributed by atoms with E-state index in [9.17, 15) is 13.2 Å². The molecule has 0 saturated heterocycles. The predicted octanol–water partition coefficient (Wildman–Crippen LogP) is 0.352. The maximum atomic E-state index is 11.8. The third-order valence-electron chi connectivity index (χ3n) is 2.85. The average molecular weight is 263 g/mol. The molecular weight excluding hydrogens is 242 g/mol. The summed E-state index contributed by atoms with van der Waals surface area (Å²) >= 11 is 0. The minimum atomic E-state index is -3.36. The summed E-state index contributed by atoms with van der Waals surface area (Å²) in [7, 11) is -2.16. The van der Waals surface area contributed by atoms with Crippen LogP contribution in [-0.2, 0) is 19.4 Å². The molecule has 0 aromatic heterocycles. The first-order valence-electron chi connectivity index (χ1n) is 5.99. The van der Waals surface area contributed by atoms with Crippen molar-refractivity contribution in [2.24, 2.45) is 5.92 Å². The molecule has 0 heterocycles. The Balaban J connectivity index is 2.50. The van der Waals surface area contributed by atoms with Crippen LogP contribution in [0, 0.1) is 5.92 Å². The van der Waals surface area contributed by atoms with E-state index in [0.29, 0.717) is 5.92 Å². The standard InChI is InChI=1S/C11H21NO4S/c1-3-6-12-10(9-4-5-9)7-17(14,15)8-11(13)16-2/h9-10,12H,3-8H2,1-2H3. The Hall–Kier alpha value is -0.620. The van der Waals surface area contributed by atoms with Crippen molar-refractivity contribution in [1.29, 1.82) is 0 Å². The summed E-state index contributed by atoms with van der Waals surface area (Å²) in [5.41, 5.74) is 0. The van der Waals surface area contributed by atoms with E-state index >= 15 is 0 Å². The monoisotopic (exact) mass is 263 g/mol. The largest absolute Gasteiger partial charge is 0.468 e. The minimum Gasteiger partial charge on any atom is -0.468 e. The fraction of sp³-hybridized carbons (Fsp3) is 0.909. The van der Waals surface area contributed by atoms with Gasteiger partial charge in [0.1, 0.15) is 5.75 Å². The van der Waals surface area contributed by atoms with Crippen LogP contribution >= 0.6 is 0 Å². The Morgan fingerprint density at radius 3 is 2.59 bits per heavy atom. The molecule has 5 nitrogen and oxygen atoms in total. The van der Waals surface area contributed by atoms with Gasteiger partial charge >= 0.3 is 5.97 Å². The molecule has 0 aliphatic heterocycles. The van der Waals surface area contributed by atoms with Gasteiger partial charge in [-0.1, -0.05) is 6.92 Å². The molecule has 0 aromatic carbocycles. The molecule has 6 heteroatoms. The van der Waals surface area contributed by atoms with E-state index in [2.05, 4.69) is 10.1 Å². The number of methoxy groups -OCH3 is 1. The van der Waals surface area contributed by atoms with Gasteiger partial charge in [0.25, 0.3) is 0 Å². The molecule has 1 fully saturated rings. The topological polar surface area (TPSA) is 72.5 Å². The summed E-state index contributed by atoms with van der Waals surface area (Å²) in [6, 6.07) is -0.00962. The number of rotatable bonds is 8. The Bertz CT molecular complexity index is 348. The third kappa shape index (κ3) is 5.50. The Morgan fingerprint density at radius 1 is 1.47 bits per heavy atom. The van der Waals surface area contributed by atoms with Crippen molar-refractivity contribution in [3.05, 3.63) is 0 Å². The van der Waals surface area contributed by atoms with Gasteiger partial charge in [0.15, 0.2) is 9.84 Å². The summed E-state index contributed by atoms with van der Waals surface area (Å²) in [6.07, 6.45) is 3.13. The van der Waals surface area contributed by atoms with Crippen molar-refractivity contribution in [1.82, 2.24) is 5.32 Å². The van der Waals surface area contributed by atoms with Gasteiger partial charge in [-0.25, -0.2) is 8.42 Å². The van der Waals surface area contributed by atoms with Crippen molar-refractivity contribution >= 4 is 15.8 Å². The van der Waals surface area contributed by atoms with Gasteiger partial charge in [0, 0.05) is 6.04 Å². The second-order valence-corrected chi connectivity index (χ2v) is 6.64. The van der Waals surface area contributed by atoms with Crippen LogP contribution in [-0.4, -0.2) is 45.6 Å². The SMILES string of the molecule is CCCNC(CS(=O)(=O)CC(=O)OC)C1CC1. The van der Waals surface area contributed by atoms with E-state index < -0.39 is 21.6 Å². The van der Waals surface area contributed by atoms with Crippen molar-refractivity contribution in [3.8, 4) is 0 Å². The normalized spacial score (nSPS) is 17.8. The summed E-state index contributed by atoms with van der Waals surface area (Å²) in [6.45, 7) is 2.86. The second-order valence-electron chi connectivity index (χ2n) is 4.53. The zero-order chi connectivity index (χ0) is 12.9. The molecule has 17 heavy (non-hydrogen) atoms. The van der Waals surface area contributed by atoms with Gasteiger partial charge in [-0.15, -0.1) is 0 Å². The predicted molar refractivity (Wildman–Crippen MR) is 65.5 cm³/mol. The molecule has 1 N–H and O–H groups in total. The number of nitrogens with one attached hydrogen (secondary N) is 1. The first kappa shape index (κ1) is 14.4. The zero-order valence-corrected chi connectivity index (χ0v) is 11.3. The highest BCUT2D eigenvalue weighted by Crippen LogP contribution is 2.33. The molecule has 1 aliphatic carbocycles. The number of carbonyl (C=O) groups is 1. The number of sulfone groups is 1. The van der Waals surface area contributed by atoms with Crippen molar-refractivity contribution < 1.29 is 17.9 Å². The molecule has 1 saturated carbocycles. The van der Waals surface area contributed by atoms with Crippen LogP contribution in [0.2, 0.25) is 0 Å². The summed E-state index contributed by atoms with van der Waals surface area (Å²) < 4.78 is 27.9. The lowest BCUT2D eigenvalue weighted by molar-refractivity contribution is -0.137. The average Bonchev–Trinajstić information content (AvgIpc) is 3.07. The summed E-state index contributed by atoms with van der Waals surface area (Å²) in [4.78, 5) is 11.0. The van der Waals surface area contributed by atoms with E-state index in [0.717, 1.165) is 25.8 Å². The van der Waals surface area contributed by atoms with Crippen LogP contribution in [0.4, 0.5) is 0 Å². The maximum absolute atomic E-state index is 11.8. The fourth-order valence-corrected chi connectivity index (χ4v) is 3.29. The highest BCUT2D eigenvalue weighted by atomic mass is 32.2. The lowest BCUT2D eigenvalue weighted by Crippen LogP contribution is -2.39. The Morgan fingerprint density at radius 2 is 2.12 bits per heavy atom. The first-order chi connectivity index (χ1) is 7.98. The summed E-state index contributed by atoms with van der Waals surface area (Å²) in [5.74, 6) is -0.711. The molecular formula is C11H21NO4S. The molecule has 1 unspecified atom stereocenters. The Labute approximate surface area is 103 Å². The molecule has 1 rings (SSSR count). The van der Waals surface area contributed by atoms with Crippen LogP contribution in [0.5, 0.6) is 0 Å². The van der Waals surface area contributed by atoms with Crippen molar-refractivity contribution in [2.45, 2.75) is 32.2 Å². The van der Waals surface area contributed by atoms with Crippen LogP contribution in [0.15, 0.2) is 0 Å². The van der Waals surface area contributed by atoms with Crippen molar-refractivity contribution in [3.63, 3.8) is 0 Å². The highest BCUT2D eigenvalue weighted by Gasteiger charge is 2.34. The summed E-state index contributed by atoms with van der Waals surface area (Å²) in [5, 5.41) is 3.25. The quantitative estimate of drug-likeness (QED) is 0.640. The molecule has 100 valence electrons. The van der Waals surface area contributed by atoms with Crippen LogP contribution in [0.25, 0.3) is 0 Å². The number of ether oxygens (including phenoxy) is 1. The van der Waals surface area contributed by atoms with Gasteiger partial charge in [0.2, 0.25) is 0 Å². The lowest BCUT2D eigenvalue weighted by atomic mass is 10.2. The number of esters is 1. The number of hydrogen-bond donors (Lipinski definition) is 1. The Kier molecular flexibility index (Phi) is 5.39. The van der Waals surface area contributed by atoms with Crippen molar-refractivity contribution in [2.75, 3.05) is 25.2 Å².